The van der Waals surface area contributed by atoms with Gasteiger partial charge in [0.2, 0.25) is 0 Å². The van der Waals surface area contributed by atoms with E-state index in [4.69, 9.17) is 21.1 Å². The second-order valence-corrected chi connectivity index (χ2v) is 4.82. The summed E-state index contributed by atoms with van der Waals surface area (Å²) in [4.78, 5) is 11.9. The van der Waals surface area contributed by atoms with E-state index < -0.39 is 5.82 Å². The molecule has 2 aromatic rings. The van der Waals surface area contributed by atoms with Crippen molar-refractivity contribution in [1.82, 2.24) is 5.32 Å². The molecule has 2 rings (SSSR count). The maximum atomic E-state index is 12.9. The van der Waals surface area contributed by atoms with Crippen molar-refractivity contribution in [2.45, 2.75) is 0 Å². The van der Waals surface area contributed by atoms with Crippen LogP contribution in [0.5, 0.6) is 11.5 Å². The fraction of sp³-hybridized carbons (Fsp3) is 0.188. The van der Waals surface area contributed by atoms with E-state index in [1.807, 2.05) is 0 Å². The van der Waals surface area contributed by atoms with Gasteiger partial charge in [-0.2, -0.15) is 0 Å². The summed E-state index contributed by atoms with van der Waals surface area (Å²) in [6, 6.07) is 10.7. The van der Waals surface area contributed by atoms with Crippen LogP contribution < -0.4 is 14.8 Å². The minimum Gasteiger partial charge on any atom is -0.497 e. The summed E-state index contributed by atoms with van der Waals surface area (Å²) in [7, 11) is 1.54. The summed E-state index contributed by atoms with van der Waals surface area (Å²) in [6.07, 6.45) is 0. The molecule has 0 aliphatic carbocycles. The molecule has 1 amide bonds. The van der Waals surface area contributed by atoms with Gasteiger partial charge < -0.3 is 14.8 Å². The van der Waals surface area contributed by atoms with Gasteiger partial charge in [0, 0.05) is 5.56 Å². The number of ether oxygens (including phenoxy) is 2. The van der Waals surface area contributed by atoms with Gasteiger partial charge in [0.25, 0.3) is 5.91 Å². The number of halogens is 2. The molecule has 0 atom stereocenters. The molecule has 6 heteroatoms. The number of hydrogen-bond donors (Lipinski definition) is 1. The zero-order valence-electron chi connectivity index (χ0n) is 11.9. The molecule has 1 N–H and O–H groups in total. The second kappa shape index (κ2) is 7.66. The Hall–Kier alpha value is -2.27. The minimum atomic E-state index is -0.427. The van der Waals surface area contributed by atoms with Crippen molar-refractivity contribution in [2.75, 3.05) is 20.3 Å². The van der Waals surface area contributed by atoms with Gasteiger partial charge in [0.15, 0.2) is 0 Å². The van der Waals surface area contributed by atoms with Crippen molar-refractivity contribution < 1.29 is 18.7 Å². The summed E-state index contributed by atoms with van der Waals surface area (Å²) in [5.41, 5.74) is 0.499. The van der Waals surface area contributed by atoms with Crippen molar-refractivity contribution in [3.05, 3.63) is 58.9 Å². The van der Waals surface area contributed by atoms with Crippen molar-refractivity contribution in [3.8, 4) is 11.5 Å². The molecule has 0 unspecified atom stereocenters. The Labute approximate surface area is 132 Å². The summed E-state index contributed by atoms with van der Waals surface area (Å²) in [5, 5.41) is 2.91. The highest BCUT2D eigenvalue weighted by atomic mass is 35.5. The molecule has 0 aliphatic heterocycles. The van der Waals surface area contributed by atoms with E-state index in [1.54, 1.807) is 24.3 Å². The van der Waals surface area contributed by atoms with Crippen LogP contribution in [0, 0.1) is 5.82 Å². The average molecular weight is 324 g/mol. The molecule has 0 heterocycles. The molecule has 0 saturated carbocycles. The van der Waals surface area contributed by atoms with Gasteiger partial charge in [0.1, 0.15) is 23.9 Å². The molecule has 0 fully saturated rings. The number of carbonyl (C=O) groups is 1. The van der Waals surface area contributed by atoms with E-state index in [0.29, 0.717) is 23.6 Å². The Bertz CT molecular complexity index is 664. The smallest absolute Gasteiger partial charge is 0.251 e. The van der Waals surface area contributed by atoms with Gasteiger partial charge in [-0.15, -0.1) is 0 Å². The van der Waals surface area contributed by atoms with Crippen LogP contribution in [0.15, 0.2) is 42.5 Å². The number of carbonyl (C=O) groups excluding carboxylic acids is 1. The van der Waals surface area contributed by atoms with Crippen LogP contribution >= 0.6 is 11.6 Å². The third-order valence-electron chi connectivity index (χ3n) is 2.87. The van der Waals surface area contributed by atoms with Gasteiger partial charge in [0.05, 0.1) is 18.7 Å². The first-order chi connectivity index (χ1) is 10.6. The molecule has 0 aliphatic rings. The Kier molecular flexibility index (Phi) is 5.61. The monoisotopic (exact) mass is 323 g/mol. The third-order valence-corrected chi connectivity index (χ3v) is 3.17. The van der Waals surface area contributed by atoms with Crippen LogP contribution in [-0.2, 0) is 0 Å². The number of nitrogens with one attached hydrogen (secondary N) is 1. The lowest BCUT2D eigenvalue weighted by molar-refractivity contribution is 0.0946. The molecule has 0 radical (unpaired) electrons. The Morgan fingerprint density at radius 2 is 2.09 bits per heavy atom. The van der Waals surface area contributed by atoms with E-state index in [0.717, 1.165) is 0 Å². The topological polar surface area (TPSA) is 47.6 Å². The molecule has 22 heavy (non-hydrogen) atoms. The zero-order chi connectivity index (χ0) is 15.9. The van der Waals surface area contributed by atoms with Gasteiger partial charge in [-0.05, 0) is 36.4 Å². The fourth-order valence-corrected chi connectivity index (χ4v) is 2.01. The van der Waals surface area contributed by atoms with Crippen molar-refractivity contribution in [1.29, 1.82) is 0 Å². The summed E-state index contributed by atoms with van der Waals surface area (Å²) in [5.74, 6) is 0.331. The molecular formula is C16H15ClFNO3. The average Bonchev–Trinajstić information content (AvgIpc) is 2.53. The molecule has 0 saturated heterocycles. The Balaban J connectivity index is 1.82. The number of methoxy groups -OCH3 is 1. The maximum absolute atomic E-state index is 12.9. The van der Waals surface area contributed by atoms with Crippen molar-refractivity contribution >= 4 is 17.5 Å². The van der Waals surface area contributed by atoms with E-state index >= 15 is 0 Å². The number of hydrogen-bond acceptors (Lipinski definition) is 3. The van der Waals surface area contributed by atoms with Crippen molar-refractivity contribution in [3.63, 3.8) is 0 Å². The molecule has 116 valence electrons. The third kappa shape index (κ3) is 4.36. The summed E-state index contributed by atoms with van der Waals surface area (Å²) in [6.45, 7) is 0.519. The SMILES string of the molecule is COc1cccc(C(=O)NCCOc2ccc(F)cc2Cl)c1. The highest BCUT2D eigenvalue weighted by molar-refractivity contribution is 6.32. The molecule has 0 spiro atoms. The minimum absolute atomic E-state index is 0.194. The van der Waals surface area contributed by atoms with Crippen LogP contribution in [0.2, 0.25) is 5.02 Å². The lowest BCUT2D eigenvalue weighted by Crippen LogP contribution is -2.28. The largest absolute Gasteiger partial charge is 0.497 e. The molecule has 0 bridgehead atoms. The first-order valence-corrected chi connectivity index (χ1v) is 6.98. The van der Waals surface area contributed by atoms with Crippen LogP contribution in [0.4, 0.5) is 4.39 Å². The van der Waals surface area contributed by atoms with Gasteiger partial charge in [-0.1, -0.05) is 17.7 Å². The fourth-order valence-electron chi connectivity index (χ4n) is 1.78. The first kappa shape index (κ1) is 16.1. The molecule has 2 aromatic carbocycles. The highest BCUT2D eigenvalue weighted by Crippen LogP contribution is 2.24. The lowest BCUT2D eigenvalue weighted by atomic mass is 10.2. The van der Waals surface area contributed by atoms with Crippen LogP contribution in [0.3, 0.4) is 0 Å². The normalized spacial score (nSPS) is 10.1. The second-order valence-electron chi connectivity index (χ2n) is 4.41. The summed E-state index contributed by atoms with van der Waals surface area (Å²) < 4.78 is 23.3. The zero-order valence-corrected chi connectivity index (χ0v) is 12.7. The van der Waals surface area contributed by atoms with Crippen LogP contribution in [0.1, 0.15) is 10.4 Å². The van der Waals surface area contributed by atoms with Gasteiger partial charge >= 0.3 is 0 Å². The molecule has 0 aromatic heterocycles. The Morgan fingerprint density at radius 1 is 1.27 bits per heavy atom. The predicted octanol–water partition coefficient (Wildman–Crippen LogP) is 3.30. The molecule has 4 nitrogen and oxygen atoms in total. The number of rotatable bonds is 6. The van der Waals surface area contributed by atoms with Crippen molar-refractivity contribution in [2.24, 2.45) is 0 Å². The van der Waals surface area contributed by atoms with Gasteiger partial charge in [-0.3, -0.25) is 4.79 Å². The maximum Gasteiger partial charge on any atom is 0.251 e. The van der Waals surface area contributed by atoms with E-state index in [1.165, 1.54) is 25.3 Å². The highest BCUT2D eigenvalue weighted by Gasteiger charge is 2.07. The number of amides is 1. The lowest BCUT2D eigenvalue weighted by Gasteiger charge is -2.09. The quantitative estimate of drug-likeness (QED) is 0.830. The van der Waals surface area contributed by atoms with E-state index in [-0.39, 0.29) is 17.5 Å². The summed E-state index contributed by atoms with van der Waals surface area (Å²) >= 11 is 5.83. The van der Waals surface area contributed by atoms with Crippen LogP contribution in [-0.4, -0.2) is 26.2 Å². The van der Waals surface area contributed by atoms with Crippen LogP contribution in [0.25, 0.3) is 0 Å². The predicted molar refractivity (Wildman–Crippen MR) is 82.2 cm³/mol. The number of benzene rings is 2. The van der Waals surface area contributed by atoms with Gasteiger partial charge in [-0.25, -0.2) is 4.39 Å². The van der Waals surface area contributed by atoms with E-state index in [2.05, 4.69) is 5.32 Å². The molecular weight excluding hydrogens is 309 g/mol. The first-order valence-electron chi connectivity index (χ1n) is 6.60. The Morgan fingerprint density at radius 3 is 2.82 bits per heavy atom. The van der Waals surface area contributed by atoms with E-state index in [9.17, 15) is 9.18 Å². The standard InChI is InChI=1S/C16H15ClFNO3/c1-21-13-4-2-3-11(9-13)16(20)19-7-8-22-15-6-5-12(18)10-14(15)17/h2-6,9-10H,7-8H2,1H3,(H,19,20).